The Morgan fingerprint density at radius 2 is 2.06 bits per heavy atom. The first-order valence-corrected chi connectivity index (χ1v) is 10.4. The topological polar surface area (TPSA) is 61.4 Å². The molecule has 6 nitrogen and oxygen atoms in total. The summed E-state index contributed by atoms with van der Waals surface area (Å²) < 4.78 is 13.4. The summed E-state index contributed by atoms with van der Waals surface area (Å²) in [5, 5.41) is 3.44. The predicted octanol–water partition coefficient (Wildman–Crippen LogP) is 3.35. The number of piperazine rings is 1. The standard InChI is InChI=1S/C24H26FN5O/c1-17-15-30(11-10-26-17)16-18-6-9-23(28-13-18)29(2)24(31)20-7-8-22(27-14-20)19-4-3-5-21(25)12-19/h3-9,12-14,17,26H,10-11,15-16H2,1-2H3/t17-/m0/s1. The zero-order valence-electron chi connectivity index (χ0n) is 17.8. The van der Waals surface area contributed by atoms with E-state index >= 15 is 0 Å². The van der Waals surface area contributed by atoms with Crippen LogP contribution in [0.2, 0.25) is 0 Å². The van der Waals surface area contributed by atoms with Gasteiger partial charge in [-0.1, -0.05) is 18.2 Å². The number of aromatic nitrogens is 2. The lowest BCUT2D eigenvalue weighted by atomic mass is 10.1. The SMILES string of the molecule is C[C@H]1CN(Cc2ccc(N(C)C(=O)c3ccc(-c4cccc(F)c4)nc3)nc2)CCN1. The fraction of sp³-hybridized carbons (Fsp3) is 0.292. The Morgan fingerprint density at radius 3 is 2.74 bits per heavy atom. The molecule has 3 heterocycles. The van der Waals surface area contributed by atoms with Gasteiger partial charge in [-0.3, -0.25) is 19.6 Å². The van der Waals surface area contributed by atoms with E-state index < -0.39 is 0 Å². The van der Waals surface area contributed by atoms with E-state index in [1.54, 1.807) is 31.3 Å². The molecule has 1 fully saturated rings. The summed E-state index contributed by atoms with van der Waals surface area (Å²) in [7, 11) is 1.70. The number of carbonyl (C=O) groups excluding carboxylic acids is 1. The normalized spacial score (nSPS) is 16.8. The van der Waals surface area contributed by atoms with Crippen LogP contribution in [0.15, 0.2) is 60.9 Å². The molecule has 3 aromatic rings. The largest absolute Gasteiger partial charge is 0.312 e. The highest BCUT2D eigenvalue weighted by molar-refractivity contribution is 6.05. The summed E-state index contributed by atoms with van der Waals surface area (Å²) in [5.41, 5.74) is 2.86. The van der Waals surface area contributed by atoms with Crippen molar-refractivity contribution in [2.24, 2.45) is 0 Å². The first-order chi connectivity index (χ1) is 15.0. The summed E-state index contributed by atoms with van der Waals surface area (Å²) in [6, 6.07) is 14.0. The summed E-state index contributed by atoms with van der Waals surface area (Å²) in [6.45, 7) is 6.06. The number of nitrogens with one attached hydrogen (secondary N) is 1. The first-order valence-electron chi connectivity index (χ1n) is 10.4. The van der Waals surface area contributed by atoms with Crippen LogP contribution in [-0.4, -0.2) is 53.5 Å². The molecule has 1 atom stereocenters. The Bertz CT molecular complexity index is 1040. The van der Waals surface area contributed by atoms with E-state index in [4.69, 9.17) is 0 Å². The van der Waals surface area contributed by atoms with Crippen molar-refractivity contribution in [2.45, 2.75) is 19.5 Å². The minimum Gasteiger partial charge on any atom is -0.312 e. The fourth-order valence-corrected chi connectivity index (χ4v) is 3.76. The lowest BCUT2D eigenvalue weighted by Crippen LogP contribution is -2.48. The number of hydrogen-bond acceptors (Lipinski definition) is 5. The van der Waals surface area contributed by atoms with Crippen molar-refractivity contribution in [3.63, 3.8) is 0 Å². The lowest BCUT2D eigenvalue weighted by molar-refractivity contribution is 0.0992. The highest BCUT2D eigenvalue weighted by atomic mass is 19.1. The molecule has 31 heavy (non-hydrogen) atoms. The molecule has 0 unspecified atom stereocenters. The van der Waals surface area contributed by atoms with E-state index in [9.17, 15) is 9.18 Å². The third kappa shape index (κ3) is 5.13. The van der Waals surface area contributed by atoms with Gasteiger partial charge in [0.25, 0.3) is 5.91 Å². The second-order valence-corrected chi connectivity index (χ2v) is 7.92. The molecule has 160 valence electrons. The molecule has 1 aliphatic rings. The zero-order chi connectivity index (χ0) is 21.8. The highest BCUT2D eigenvalue weighted by Gasteiger charge is 2.17. The highest BCUT2D eigenvalue weighted by Crippen LogP contribution is 2.19. The van der Waals surface area contributed by atoms with E-state index in [1.165, 1.54) is 23.2 Å². The van der Waals surface area contributed by atoms with E-state index in [0.29, 0.717) is 28.7 Å². The van der Waals surface area contributed by atoms with Crippen LogP contribution in [0.1, 0.15) is 22.8 Å². The van der Waals surface area contributed by atoms with Crippen molar-refractivity contribution < 1.29 is 9.18 Å². The van der Waals surface area contributed by atoms with Gasteiger partial charge in [-0.25, -0.2) is 9.37 Å². The van der Waals surface area contributed by atoms with Gasteiger partial charge in [0.05, 0.1) is 11.3 Å². The molecular formula is C24H26FN5O. The third-order valence-electron chi connectivity index (χ3n) is 5.45. The summed E-state index contributed by atoms with van der Waals surface area (Å²) in [6.07, 6.45) is 3.34. The number of halogens is 1. The summed E-state index contributed by atoms with van der Waals surface area (Å²) >= 11 is 0. The molecule has 1 amide bonds. The lowest BCUT2D eigenvalue weighted by Gasteiger charge is -2.31. The van der Waals surface area contributed by atoms with Crippen molar-refractivity contribution in [3.8, 4) is 11.3 Å². The van der Waals surface area contributed by atoms with E-state index in [-0.39, 0.29) is 11.7 Å². The van der Waals surface area contributed by atoms with Gasteiger partial charge < -0.3 is 5.32 Å². The molecule has 1 aliphatic heterocycles. The quantitative estimate of drug-likeness (QED) is 0.687. The maximum atomic E-state index is 13.4. The van der Waals surface area contributed by atoms with Crippen LogP contribution in [0.5, 0.6) is 0 Å². The Morgan fingerprint density at radius 1 is 1.19 bits per heavy atom. The van der Waals surface area contributed by atoms with Gasteiger partial charge in [-0.15, -0.1) is 0 Å². The molecule has 1 saturated heterocycles. The molecule has 0 aliphatic carbocycles. The Kier molecular flexibility index (Phi) is 6.34. The molecule has 4 rings (SSSR count). The van der Waals surface area contributed by atoms with Gasteiger partial charge in [-0.05, 0) is 42.8 Å². The van der Waals surface area contributed by atoms with Crippen LogP contribution in [0.4, 0.5) is 10.2 Å². The zero-order valence-corrected chi connectivity index (χ0v) is 17.8. The molecule has 1 aromatic carbocycles. The number of hydrogen-bond donors (Lipinski definition) is 1. The number of anilines is 1. The molecule has 7 heteroatoms. The molecular weight excluding hydrogens is 393 g/mol. The van der Waals surface area contributed by atoms with Crippen molar-refractivity contribution in [1.82, 2.24) is 20.2 Å². The van der Waals surface area contributed by atoms with Crippen LogP contribution in [-0.2, 0) is 6.54 Å². The van der Waals surface area contributed by atoms with Crippen molar-refractivity contribution in [3.05, 3.63) is 77.9 Å². The smallest absolute Gasteiger partial charge is 0.260 e. The fourth-order valence-electron chi connectivity index (χ4n) is 3.76. The van der Waals surface area contributed by atoms with Gasteiger partial charge >= 0.3 is 0 Å². The molecule has 0 radical (unpaired) electrons. The number of benzene rings is 1. The average Bonchev–Trinajstić information content (AvgIpc) is 2.79. The molecule has 0 saturated carbocycles. The predicted molar refractivity (Wildman–Crippen MR) is 119 cm³/mol. The van der Waals surface area contributed by atoms with Crippen molar-refractivity contribution >= 4 is 11.7 Å². The van der Waals surface area contributed by atoms with Crippen LogP contribution >= 0.6 is 0 Å². The molecule has 0 spiro atoms. The molecule has 2 aromatic heterocycles. The van der Waals surface area contributed by atoms with Gasteiger partial charge in [0.2, 0.25) is 0 Å². The van der Waals surface area contributed by atoms with E-state index in [0.717, 1.165) is 31.7 Å². The van der Waals surface area contributed by atoms with Gasteiger partial charge in [-0.2, -0.15) is 0 Å². The van der Waals surface area contributed by atoms with Crippen LogP contribution in [0.3, 0.4) is 0 Å². The van der Waals surface area contributed by atoms with Crippen molar-refractivity contribution in [1.29, 1.82) is 0 Å². The van der Waals surface area contributed by atoms with Gasteiger partial charge in [0, 0.05) is 57.2 Å². The maximum Gasteiger partial charge on any atom is 0.260 e. The molecule has 1 N–H and O–H groups in total. The number of carbonyl (C=O) groups is 1. The minimum absolute atomic E-state index is 0.200. The average molecular weight is 420 g/mol. The number of pyridine rings is 2. The number of rotatable bonds is 5. The van der Waals surface area contributed by atoms with Crippen LogP contribution in [0.25, 0.3) is 11.3 Å². The number of amides is 1. The second kappa shape index (κ2) is 9.32. The minimum atomic E-state index is -0.319. The molecule has 0 bridgehead atoms. The summed E-state index contributed by atoms with van der Waals surface area (Å²) in [4.78, 5) is 25.6. The Balaban J connectivity index is 1.41. The monoisotopic (exact) mass is 419 g/mol. The summed E-state index contributed by atoms with van der Waals surface area (Å²) in [5.74, 6) is 0.0614. The van der Waals surface area contributed by atoms with Crippen molar-refractivity contribution in [2.75, 3.05) is 31.6 Å². The Labute approximate surface area is 181 Å². The van der Waals surface area contributed by atoms with Gasteiger partial charge in [0.15, 0.2) is 0 Å². The van der Waals surface area contributed by atoms with Gasteiger partial charge in [0.1, 0.15) is 11.6 Å². The maximum absolute atomic E-state index is 13.4. The first kappa shape index (κ1) is 21.1. The Hall–Kier alpha value is -3.16. The number of nitrogens with zero attached hydrogens (tertiary/aromatic N) is 4. The van der Waals surface area contributed by atoms with Crippen LogP contribution in [0, 0.1) is 5.82 Å². The van der Waals surface area contributed by atoms with E-state index in [1.807, 2.05) is 18.3 Å². The van der Waals surface area contributed by atoms with E-state index in [2.05, 4.69) is 27.1 Å². The van der Waals surface area contributed by atoms with Crippen LogP contribution < -0.4 is 10.2 Å². The second-order valence-electron chi connectivity index (χ2n) is 7.92. The third-order valence-corrected chi connectivity index (χ3v) is 5.45.